The summed E-state index contributed by atoms with van der Waals surface area (Å²) in [6.07, 6.45) is 2.67. The van der Waals surface area contributed by atoms with Crippen LogP contribution in [0.25, 0.3) is 6.08 Å². The molecule has 1 heterocycles. The minimum atomic E-state index is -0.274. The van der Waals surface area contributed by atoms with Crippen molar-refractivity contribution in [3.05, 3.63) is 69.0 Å². The fourth-order valence-electron chi connectivity index (χ4n) is 2.32. The summed E-state index contributed by atoms with van der Waals surface area (Å²) in [6.45, 7) is 2.07. The summed E-state index contributed by atoms with van der Waals surface area (Å²) in [5, 5.41) is -0.263. The van der Waals surface area contributed by atoms with Gasteiger partial charge in [-0.25, -0.2) is 4.90 Å². The van der Waals surface area contributed by atoms with Crippen LogP contribution in [-0.2, 0) is 11.2 Å². The van der Waals surface area contributed by atoms with E-state index in [-0.39, 0.29) is 11.1 Å². The Balaban J connectivity index is 1.90. The number of thioether (sulfide) groups is 1. The zero-order chi connectivity index (χ0) is 16.4. The molecule has 2 aromatic rings. The van der Waals surface area contributed by atoms with Crippen molar-refractivity contribution in [1.82, 2.24) is 0 Å². The number of hydrogen-bond acceptors (Lipinski definition) is 3. The van der Waals surface area contributed by atoms with E-state index in [4.69, 9.17) is 0 Å². The van der Waals surface area contributed by atoms with Crippen molar-refractivity contribution in [3.8, 4) is 0 Å². The molecule has 0 spiro atoms. The van der Waals surface area contributed by atoms with Crippen LogP contribution in [0.2, 0.25) is 0 Å². The van der Waals surface area contributed by atoms with Crippen molar-refractivity contribution in [3.63, 3.8) is 0 Å². The smallest absolute Gasteiger partial charge is 0.268 e. The molecule has 3 nitrogen and oxygen atoms in total. The van der Waals surface area contributed by atoms with Crippen LogP contribution in [0.15, 0.2) is 57.9 Å². The monoisotopic (exact) mass is 387 g/mol. The number of nitrogens with zero attached hydrogens (tertiary/aromatic N) is 1. The van der Waals surface area contributed by atoms with Crippen molar-refractivity contribution in [2.45, 2.75) is 13.3 Å². The standard InChI is InChI=1S/C18H14BrNO2S/c1-2-12-6-8-15(9-7-12)20-17(21)16(23-18(20)22)11-13-4-3-5-14(19)10-13/h3-11H,2H2,1H3/b16-11-. The number of halogens is 1. The molecular weight excluding hydrogens is 374 g/mol. The maximum Gasteiger partial charge on any atom is 0.298 e. The molecule has 5 heteroatoms. The fourth-order valence-corrected chi connectivity index (χ4v) is 3.58. The topological polar surface area (TPSA) is 37.4 Å². The molecule has 116 valence electrons. The summed E-state index contributed by atoms with van der Waals surface area (Å²) in [6, 6.07) is 15.1. The number of carbonyl (C=O) groups is 2. The highest BCUT2D eigenvalue weighted by Gasteiger charge is 2.36. The van der Waals surface area contributed by atoms with Crippen molar-refractivity contribution in [1.29, 1.82) is 0 Å². The van der Waals surface area contributed by atoms with Gasteiger partial charge in [-0.3, -0.25) is 9.59 Å². The lowest BCUT2D eigenvalue weighted by Gasteiger charge is -2.12. The zero-order valence-corrected chi connectivity index (χ0v) is 14.9. The van der Waals surface area contributed by atoms with Crippen LogP contribution in [-0.4, -0.2) is 11.1 Å². The fraction of sp³-hybridized carbons (Fsp3) is 0.111. The number of anilines is 1. The lowest BCUT2D eigenvalue weighted by atomic mass is 10.1. The van der Waals surface area contributed by atoms with E-state index >= 15 is 0 Å². The maximum atomic E-state index is 12.6. The molecule has 3 rings (SSSR count). The summed E-state index contributed by atoms with van der Waals surface area (Å²) in [4.78, 5) is 26.5. The van der Waals surface area contributed by atoms with Gasteiger partial charge in [0.15, 0.2) is 0 Å². The van der Waals surface area contributed by atoms with Gasteiger partial charge in [-0.1, -0.05) is 47.1 Å². The Morgan fingerprint density at radius 3 is 2.52 bits per heavy atom. The number of hydrogen-bond donors (Lipinski definition) is 0. The lowest BCUT2D eigenvalue weighted by Crippen LogP contribution is -2.27. The summed E-state index contributed by atoms with van der Waals surface area (Å²) in [7, 11) is 0. The van der Waals surface area contributed by atoms with Gasteiger partial charge in [0.2, 0.25) is 0 Å². The summed E-state index contributed by atoms with van der Waals surface area (Å²) in [5.74, 6) is -0.274. The van der Waals surface area contributed by atoms with Crippen molar-refractivity contribution < 1.29 is 9.59 Å². The molecule has 1 saturated heterocycles. The second-order valence-corrected chi connectivity index (χ2v) is 7.00. The van der Waals surface area contributed by atoms with Gasteiger partial charge in [0, 0.05) is 4.47 Å². The molecule has 0 aromatic heterocycles. The highest BCUT2D eigenvalue weighted by molar-refractivity contribution is 9.10. The third-order valence-corrected chi connectivity index (χ3v) is 4.91. The SMILES string of the molecule is CCc1ccc(N2C(=O)S/C(=C\c3cccc(Br)c3)C2=O)cc1. The third kappa shape index (κ3) is 3.41. The Labute approximate surface area is 147 Å². The molecule has 23 heavy (non-hydrogen) atoms. The van der Waals surface area contributed by atoms with Gasteiger partial charge in [0.05, 0.1) is 10.6 Å². The Hall–Kier alpha value is -1.85. The van der Waals surface area contributed by atoms with E-state index in [0.717, 1.165) is 28.2 Å². The average molecular weight is 388 g/mol. The molecule has 1 aliphatic heterocycles. The summed E-state index contributed by atoms with van der Waals surface area (Å²) < 4.78 is 0.931. The summed E-state index contributed by atoms with van der Waals surface area (Å²) >= 11 is 4.37. The maximum absolute atomic E-state index is 12.6. The molecule has 0 bridgehead atoms. The molecule has 0 radical (unpaired) electrons. The first-order chi connectivity index (χ1) is 11.1. The lowest BCUT2D eigenvalue weighted by molar-refractivity contribution is -0.113. The number of imide groups is 1. The van der Waals surface area contributed by atoms with E-state index in [9.17, 15) is 9.59 Å². The van der Waals surface area contributed by atoms with Gasteiger partial charge < -0.3 is 0 Å². The Bertz CT molecular complexity index is 799. The molecule has 1 fully saturated rings. The molecule has 0 atom stereocenters. The van der Waals surface area contributed by atoms with Crippen LogP contribution in [0.3, 0.4) is 0 Å². The first-order valence-electron chi connectivity index (χ1n) is 7.21. The van der Waals surface area contributed by atoms with Crippen molar-refractivity contribution in [2.24, 2.45) is 0 Å². The molecule has 1 aliphatic rings. The second-order valence-electron chi connectivity index (χ2n) is 5.09. The number of rotatable bonds is 3. The third-order valence-electron chi connectivity index (χ3n) is 3.54. The predicted octanol–water partition coefficient (Wildman–Crippen LogP) is 5.25. The number of aryl methyl sites for hydroxylation is 1. The van der Waals surface area contributed by atoms with Crippen LogP contribution in [0.5, 0.6) is 0 Å². The zero-order valence-electron chi connectivity index (χ0n) is 12.5. The van der Waals surface area contributed by atoms with Crippen LogP contribution < -0.4 is 4.90 Å². The number of amides is 2. The number of carbonyl (C=O) groups excluding carboxylic acids is 2. The Kier molecular flexibility index (Phi) is 4.68. The van der Waals surface area contributed by atoms with Gasteiger partial charge >= 0.3 is 0 Å². The number of benzene rings is 2. The van der Waals surface area contributed by atoms with E-state index in [1.807, 2.05) is 48.5 Å². The van der Waals surface area contributed by atoms with Crippen molar-refractivity contribution in [2.75, 3.05) is 4.90 Å². The molecule has 0 unspecified atom stereocenters. The van der Waals surface area contributed by atoms with Gasteiger partial charge in [-0.15, -0.1) is 0 Å². The molecule has 0 aliphatic carbocycles. The van der Waals surface area contributed by atoms with Gasteiger partial charge in [0.25, 0.3) is 11.1 Å². The van der Waals surface area contributed by atoms with Crippen LogP contribution in [0, 0.1) is 0 Å². The molecule has 0 saturated carbocycles. The average Bonchev–Trinajstić information content (AvgIpc) is 2.81. The molecule has 2 amide bonds. The highest BCUT2D eigenvalue weighted by Crippen LogP contribution is 2.35. The van der Waals surface area contributed by atoms with Crippen LogP contribution in [0.1, 0.15) is 18.1 Å². The predicted molar refractivity (Wildman–Crippen MR) is 98.4 cm³/mol. The molecule has 2 aromatic carbocycles. The minimum Gasteiger partial charge on any atom is -0.268 e. The van der Waals surface area contributed by atoms with E-state index in [0.29, 0.717) is 10.6 Å². The van der Waals surface area contributed by atoms with Gasteiger partial charge in [-0.05, 0) is 59.7 Å². The largest absolute Gasteiger partial charge is 0.298 e. The highest BCUT2D eigenvalue weighted by atomic mass is 79.9. The van der Waals surface area contributed by atoms with Gasteiger partial charge in [0.1, 0.15) is 0 Å². The van der Waals surface area contributed by atoms with Crippen molar-refractivity contribution >= 4 is 50.6 Å². The van der Waals surface area contributed by atoms with E-state index < -0.39 is 0 Å². The molecular formula is C18H14BrNO2S. The van der Waals surface area contributed by atoms with Gasteiger partial charge in [-0.2, -0.15) is 0 Å². The normalized spacial score (nSPS) is 16.4. The Morgan fingerprint density at radius 1 is 1.13 bits per heavy atom. The first kappa shape index (κ1) is 16.0. The second kappa shape index (κ2) is 6.72. The molecule has 0 N–H and O–H groups in total. The quantitative estimate of drug-likeness (QED) is 0.674. The Morgan fingerprint density at radius 2 is 1.87 bits per heavy atom. The van der Waals surface area contributed by atoms with Crippen LogP contribution in [0.4, 0.5) is 10.5 Å². The summed E-state index contributed by atoms with van der Waals surface area (Å²) in [5.41, 5.74) is 2.67. The van der Waals surface area contributed by atoms with E-state index in [1.54, 1.807) is 6.08 Å². The van der Waals surface area contributed by atoms with E-state index in [2.05, 4.69) is 22.9 Å². The minimum absolute atomic E-state index is 0.263. The van der Waals surface area contributed by atoms with E-state index in [1.165, 1.54) is 10.5 Å². The first-order valence-corrected chi connectivity index (χ1v) is 8.82. The van der Waals surface area contributed by atoms with Crippen LogP contribution >= 0.6 is 27.7 Å².